The molecule has 0 amide bonds. The molecule has 74 valence electrons. The quantitative estimate of drug-likeness (QED) is 0.698. The molecule has 1 saturated carbocycles. The third-order valence-electron chi connectivity index (χ3n) is 2.62. The molecule has 0 atom stereocenters. The highest BCUT2D eigenvalue weighted by molar-refractivity contribution is 6.25. The van der Waals surface area contributed by atoms with E-state index in [4.69, 9.17) is 11.6 Å². The fourth-order valence-electron chi connectivity index (χ4n) is 1.72. The predicted molar refractivity (Wildman–Crippen MR) is 54.9 cm³/mol. The summed E-state index contributed by atoms with van der Waals surface area (Å²) < 4.78 is 0. The molecule has 1 aliphatic rings. The van der Waals surface area contributed by atoms with E-state index >= 15 is 0 Å². The standard InChI is InChI=1S/C10H16ClNO/c1-12(8-2-7-11)9-3-5-10(13)6-4-9/h2,7,9H,3-6,8H2,1H3. The average molecular weight is 202 g/mol. The van der Waals surface area contributed by atoms with Crippen LogP contribution in [0.3, 0.4) is 0 Å². The monoisotopic (exact) mass is 201 g/mol. The molecule has 0 aromatic heterocycles. The maximum absolute atomic E-state index is 11.0. The van der Waals surface area contributed by atoms with Gasteiger partial charge in [-0.25, -0.2) is 0 Å². The number of hydrogen-bond donors (Lipinski definition) is 0. The molecule has 0 heterocycles. The molecule has 0 aromatic carbocycles. The number of Topliss-reactive ketones (excluding diaryl/α,β-unsaturated/α-hetero) is 1. The summed E-state index contributed by atoms with van der Waals surface area (Å²) in [6, 6.07) is 0.561. The Balaban J connectivity index is 2.30. The minimum atomic E-state index is 0.414. The summed E-state index contributed by atoms with van der Waals surface area (Å²) in [7, 11) is 2.08. The van der Waals surface area contributed by atoms with Crippen LogP contribution < -0.4 is 0 Å². The number of carbonyl (C=O) groups excluding carboxylic acids is 1. The van der Waals surface area contributed by atoms with E-state index in [2.05, 4.69) is 11.9 Å². The van der Waals surface area contributed by atoms with Crippen molar-refractivity contribution in [3.63, 3.8) is 0 Å². The molecule has 1 fully saturated rings. The summed E-state index contributed by atoms with van der Waals surface area (Å²) in [5.41, 5.74) is 1.55. The topological polar surface area (TPSA) is 20.3 Å². The molecule has 0 bridgehead atoms. The molecule has 0 saturated heterocycles. The highest BCUT2D eigenvalue weighted by Gasteiger charge is 2.20. The van der Waals surface area contributed by atoms with Crippen LogP contribution in [-0.4, -0.2) is 30.3 Å². The Kier molecular flexibility index (Phi) is 4.46. The summed E-state index contributed by atoms with van der Waals surface area (Å²) in [5.74, 6) is 0.414. The first-order chi connectivity index (χ1) is 6.24. The minimum Gasteiger partial charge on any atom is -0.300 e. The van der Waals surface area contributed by atoms with E-state index in [0.29, 0.717) is 11.8 Å². The number of likely N-dealkylation sites (N-methyl/N-ethyl adjacent to an activating group) is 1. The van der Waals surface area contributed by atoms with E-state index < -0.39 is 0 Å². The third kappa shape index (κ3) is 3.49. The largest absolute Gasteiger partial charge is 0.300 e. The van der Waals surface area contributed by atoms with Gasteiger partial charge < -0.3 is 0 Å². The lowest BCUT2D eigenvalue weighted by atomic mass is 9.93. The first-order valence-corrected chi connectivity index (χ1v) is 5.15. The van der Waals surface area contributed by atoms with Crippen LogP contribution in [0.2, 0.25) is 0 Å². The Morgan fingerprint density at radius 3 is 2.69 bits per heavy atom. The Morgan fingerprint density at radius 1 is 1.54 bits per heavy atom. The molecule has 0 aromatic rings. The van der Waals surface area contributed by atoms with Crippen molar-refractivity contribution in [2.75, 3.05) is 13.6 Å². The van der Waals surface area contributed by atoms with Crippen LogP contribution in [0.25, 0.3) is 0 Å². The van der Waals surface area contributed by atoms with Gasteiger partial charge in [-0.15, -0.1) is 0 Å². The van der Waals surface area contributed by atoms with Crippen LogP contribution in [-0.2, 0) is 4.79 Å². The molecule has 0 radical (unpaired) electrons. The first kappa shape index (κ1) is 10.7. The maximum Gasteiger partial charge on any atom is 0.133 e. The second kappa shape index (κ2) is 5.40. The number of carbonyl (C=O) groups is 1. The minimum absolute atomic E-state index is 0.414. The van der Waals surface area contributed by atoms with Crippen LogP contribution in [0.15, 0.2) is 11.6 Å². The molecule has 2 nitrogen and oxygen atoms in total. The second-order valence-electron chi connectivity index (χ2n) is 3.57. The summed E-state index contributed by atoms with van der Waals surface area (Å²) >= 11 is 5.45. The van der Waals surface area contributed by atoms with Gasteiger partial charge in [0.25, 0.3) is 0 Å². The van der Waals surface area contributed by atoms with Crippen molar-refractivity contribution in [3.8, 4) is 0 Å². The van der Waals surface area contributed by atoms with Gasteiger partial charge in [0.15, 0.2) is 0 Å². The normalized spacial score (nSPS) is 20.4. The molecule has 0 N–H and O–H groups in total. The summed E-state index contributed by atoms with van der Waals surface area (Å²) in [6.07, 6.45) is 5.44. The lowest BCUT2D eigenvalue weighted by Crippen LogP contribution is -2.35. The Morgan fingerprint density at radius 2 is 2.15 bits per heavy atom. The van der Waals surface area contributed by atoms with Gasteiger partial charge in [-0.1, -0.05) is 17.7 Å². The van der Waals surface area contributed by atoms with Crippen LogP contribution in [0.1, 0.15) is 25.7 Å². The van der Waals surface area contributed by atoms with Gasteiger partial charge in [-0.2, -0.15) is 0 Å². The van der Waals surface area contributed by atoms with Crippen molar-refractivity contribution in [1.82, 2.24) is 4.90 Å². The number of rotatable bonds is 3. The van der Waals surface area contributed by atoms with E-state index in [1.165, 1.54) is 0 Å². The number of nitrogens with zero attached hydrogens (tertiary/aromatic N) is 1. The van der Waals surface area contributed by atoms with E-state index in [-0.39, 0.29) is 0 Å². The molecule has 13 heavy (non-hydrogen) atoms. The first-order valence-electron chi connectivity index (χ1n) is 4.71. The Bertz CT molecular complexity index is 193. The highest BCUT2D eigenvalue weighted by atomic mass is 35.5. The van der Waals surface area contributed by atoms with Crippen molar-refractivity contribution in [2.45, 2.75) is 31.7 Å². The van der Waals surface area contributed by atoms with Gasteiger partial charge >= 0.3 is 0 Å². The Hall–Kier alpha value is -0.340. The molecule has 3 heteroatoms. The zero-order valence-corrected chi connectivity index (χ0v) is 8.76. The van der Waals surface area contributed by atoms with E-state index in [0.717, 1.165) is 32.2 Å². The van der Waals surface area contributed by atoms with Gasteiger partial charge in [0, 0.05) is 31.0 Å². The van der Waals surface area contributed by atoms with E-state index in [1.54, 1.807) is 5.54 Å². The molecular formula is C10H16ClNO. The molecule has 0 unspecified atom stereocenters. The lowest BCUT2D eigenvalue weighted by Gasteiger charge is -2.29. The molecule has 1 aliphatic carbocycles. The summed E-state index contributed by atoms with van der Waals surface area (Å²) in [5, 5.41) is 0. The number of ketones is 1. The molecular weight excluding hydrogens is 186 g/mol. The lowest BCUT2D eigenvalue weighted by molar-refractivity contribution is -0.121. The number of halogens is 1. The highest BCUT2D eigenvalue weighted by Crippen LogP contribution is 2.19. The van der Waals surface area contributed by atoms with Crippen LogP contribution in [0.4, 0.5) is 0 Å². The van der Waals surface area contributed by atoms with Crippen molar-refractivity contribution < 1.29 is 4.79 Å². The fraction of sp³-hybridized carbons (Fsp3) is 0.700. The summed E-state index contributed by atoms with van der Waals surface area (Å²) in [4.78, 5) is 13.2. The third-order valence-corrected chi connectivity index (χ3v) is 2.80. The Labute approximate surface area is 84.6 Å². The van der Waals surface area contributed by atoms with Crippen LogP contribution in [0.5, 0.6) is 0 Å². The van der Waals surface area contributed by atoms with Gasteiger partial charge in [-0.05, 0) is 19.9 Å². The maximum atomic E-state index is 11.0. The van der Waals surface area contributed by atoms with Crippen LogP contribution in [0, 0.1) is 0 Å². The molecule has 1 rings (SSSR count). The van der Waals surface area contributed by atoms with E-state index in [9.17, 15) is 4.79 Å². The van der Waals surface area contributed by atoms with E-state index in [1.807, 2.05) is 6.08 Å². The molecule has 0 spiro atoms. The zero-order chi connectivity index (χ0) is 9.68. The van der Waals surface area contributed by atoms with Crippen molar-refractivity contribution in [1.29, 1.82) is 0 Å². The molecule has 0 aliphatic heterocycles. The smallest absolute Gasteiger partial charge is 0.133 e. The average Bonchev–Trinajstić information content (AvgIpc) is 2.15. The van der Waals surface area contributed by atoms with Crippen molar-refractivity contribution >= 4 is 17.4 Å². The predicted octanol–water partition coefficient (Wildman–Crippen LogP) is 2.18. The zero-order valence-electron chi connectivity index (χ0n) is 8.00. The van der Waals surface area contributed by atoms with Gasteiger partial charge in [-0.3, -0.25) is 9.69 Å². The van der Waals surface area contributed by atoms with Crippen molar-refractivity contribution in [2.24, 2.45) is 0 Å². The summed E-state index contributed by atoms with van der Waals surface area (Å²) in [6.45, 7) is 0.877. The SMILES string of the molecule is CN(CC=CCl)C1CCC(=O)CC1. The number of hydrogen-bond acceptors (Lipinski definition) is 2. The van der Waals surface area contributed by atoms with Gasteiger partial charge in [0.1, 0.15) is 5.78 Å². The second-order valence-corrected chi connectivity index (χ2v) is 3.82. The van der Waals surface area contributed by atoms with Crippen molar-refractivity contribution in [3.05, 3.63) is 11.6 Å². The van der Waals surface area contributed by atoms with Gasteiger partial charge in [0.2, 0.25) is 0 Å². The van der Waals surface area contributed by atoms with Gasteiger partial charge in [0.05, 0.1) is 0 Å². The van der Waals surface area contributed by atoms with Crippen LogP contribution >= 0.6 is 11.6 Å². The fourth-order valence-corrected chi connectivity index (χ4v) is 1.80.